The van der Waals surface area contributed by atoms with Crippen LogP contribution in [0.5, 0.6) is 0 Å². The third-order valence-electron chi connectivity index (χ3n) is 4.20. The Labute approximate surface area is 158 Å². The molecule has 0 saturated heterocycles. The van der Waals surface area contributed by atoms with Gasteiger partial charge in [-0.25, -0.2) is 9.59 Å². The lowest BCUT2D eigenvalue weighted by atomic mass is 10.1. The molecule has 1 fully saturated rings. The van der Waals surface area contributed by atoms with E-state index in [9.17, 15) is 19.5 Å². The number of hydrogen-bond donors (Lipinski definition) is 3. The van der Waals surface area contributed by atoms with Gasteiger partial charge in [0.05, 0.1) is 19.6 Å². The number of benzene rings is 1. The summed E-state index contributed by atoms with van der Waals surface area (Å²) in [5.74, 6) is -0.536. The number of carbonyl (C=O) groups is 3. The largest absolute Gasteiger partial charge is 0.467 e. The van der Waals surface area contributed by atoms with E-state index in [1.165, 1.54) is 7.11 Å². The fourth-order valence-electron chi connectivity index (χ4n) is 2.56. The average Bonchev–Trinajstić information content (AvgIpc) is 3.48. The summed E-state index contributed by atoms with van der Waals surface area (Å²) in [6, 6.07) is 8.48. The molecule has 0 aromatic heterocycles. The minimum atomic E-state index is -1.09. The molecule has 3 N–H and O–H groups in total. The van der Waals surface area contributed by atoms with E-state index < -0.39 is 30.1 Å². The molecule has 0 aliphatic heterocycles. The summed E-state index contributed by atoms with van der Waals surface area (Å²) in [5, 5.41) is 14.9. The monoisotopic (exact) mass is 378 g/mol. The van der Waals surface area contributed by atoms with E-state index in [2.05, 4.69) is 10.6 Å². The highest BCUT2D eigenvalue weighted by Crippen LogP contribution is 2.33. The lowest BCUT2D eigenvalue weighted by molar-refractivity contribution is -0.145. The fraction of sp³-hybridized carbons (Fsp3) is 0.526. The van der Waals surface area contributed by atoms with Crippen molar-refractivity contribution in [2.75, 3.05) is 13.7 Å². The molecule has 1 aromatic rings. The van der Waals surface area contributed by atoms with Crippen LogP contribution >= 0.6 is 0 Å². The van der Waals surface area contributed by atoms with Gasteiger partial charge in [-0.15, -0.1) is 0 Å². The molecule has 0 spiro atoms. The van der Waals surface area contributed by atoms with Crippen LogP contribution in [0.2, 0.25) is 0 Å². The summed E-state index contributed by atoms with van der Waals surface area (Å²) in [4.78, 5) is 35.4. The molecule has 27 heavy (non-hydrogen) atoms. The summed E-state index contributed by atoms with van der Waals surface area (Å²) in [7, 11) is 1.27. The van der Waals surface area contributed by atoms with E-state index in [4.69, 9.17) is 9.47 Å². The van der Waals surface area contributed by atoms with E-state index >= 15 is 0 Å². The number of alkyl carbamates (subject to hydrolysis) is 1. The molecule has 1 aliphatic carbocycles. The van der Waals surface area contributed by atoms with Crippen LogP contribution in [0, 0.1) is 5.92 Å². The van der Waals surface area contributed by atoms with Crippen molar-refractivity contribution in [2.45, 2.75) is 44.4 Å². The molecule has 2 rings (SSSR count). The van der Waals surface area contributed by atoms with Crippen LogP contribution in [0.3, 0.4) is 0 Å². The Morgan fingerprint density at radius 2 is 1.93 bits per heavy atom. The maximum atomic E-state index is 12.0. The summed E-state index contributed by atoms with van der Waals surface area (Å²) < 4.78 is 9.72. The second kappa shape index (κ2) is 10.5. The second-order valence-corrected chi connectivity index (χ2v) is 6.62. The first-order valence-corrected chi connectivity index (χ1v) is 8.97. The van der Waals surface area contributed by atoms with Crippen molar-refractivity contribution in [3.63, 3.8) is 0 Å². The highest BCUT2D eigenvalue weighted by molar-refractivity contribution is 5.84. The molecule has 1 aromatic carbocycles. The molecule has 8 nitrogen and oxygen atoms in total. The first-order chi connectivity index (χ1) is 13.0. The molecule has 0 heterocycles. The number of aliphatic hydroxyl groups is 1. The molecule has 0 radical (unpaired) electrons. The van der Waals surface area contributed by atoms with Gasteiger partial charge in [0.1, 0.15) is 12.6 Å². The number of methoxy groups -OCH3 is 1. The Morgan fingerprint density at radius 3 is 2.56 bits per heavy atom. The quantitative estimate of drug-likeness (QED) is 0.526. The molecular weight excluding hydrogens is 352 g/mol. The molecule has 2 atom stereocenters. The SMILES string of the molecule is COC(=O)[C@@H](CC1CC1)NC(=O)C[C@@H](O)CNC(=O)OCc1ccccc1. The summed E-state index contributed by atoms with van der Waals surface area (Å²) in [5.41, 5.74) is 0.845. The number of carbonyl (C=O) groups excluding carboxylic acids is 3. The molecule has 2 amide bonds. The van der Waals surface area contributed by atoms with Crippen LogP contribution in [-0.4, -0.2) is 48.9 Å². The maximum absolute atomic E-state index is 12.0. The number of nitrogens with one attached hydrogen (secondary N) is 2. The first-order valence-electron chi connectivity index (χ1n) is 8.97. The Bertz CT molecular complexity index is 632. The number of aliphatic hydroxyl groups excluding tert-OH is 1. The summed E-state index contributed by atoms with van der Waals surface area (Å²) in [6.07, 6.45) is 0.616. The van der Waals surface area contributed by atoms with Gasteiger partial charge < -0.3 is 25.2 Å². The maximum Gasteiger partial charge on any atom is 0.407 e. The van der Waals surface area contributed by atoms with E-state index in [0.717, 1.165) is 18.4 Å². The third kappa shape index (κ3) is 8.08. The van der Waals surface area contributed by atoms with Crippen LogP contribution < -0.4 is 10.6 Å². The van der Waals surface area contributed by atoms with Crippen LogP contribution in [0.1, 0.15) is 31.2 Å². The van der Waals surface area contributed by atoms with Gasteiger partial charge >= 0.3 is 12.1 Å². The van der Waals surface area contributed by atoms with Crippen molar-refractivity contribution >= 4 is 18.0 Å². The molecule has 0 unspecified atom stereocenters. The Morgan fingerprint density at radius 1 is 1.22 bits per heavy atom. The lowest BCUT2D eigenvalue weighted by Gasteiger charge is -2.17. The van der Waals surface area contributed by atoms with Crippen molar-refractivity contribution in [3.05, 3.63) is 35.9 Å². The second-order valence-electron chi connectivity index (χ2n) is 6.62. The van der Waals surface area contributed by atoms with Gasteiger partial charge in [0.2, 0.25) is 5.91 Å². The fourth-order valence-corrected chi connectivity index (χ4v) is 2.56. The van der Waals surface area contributed by atoms with Gasteiger partial charge in [-0.1, -0.05) is 43.2 Å². The van der Waals surface area contributed by atoms with Gasteiger partial charge in [0, 0.05) is 6.54 Å². The Balaban J connectivity index is 1.65. The molecule has 1 saturated carbocycles. The van der Waals surface area contributed by atoms with Crippen LogP contribution in [0.15, 0.2) is 30.3 Å². The number of ether oxygens (including phenoxy) is 2. The van der Waals surface area contributed by atoms with Crippen molar-refractivity contribution in [3.8, 4) is 0 Å². The minimum absolute atomic E-state index is 0.116. The summed E-state index contributed by atoms with van der Waals surface area (Å²) in [6.45, 7) is -0.0161. The van der Waals surface area contributed by atoms with Crippen molar-refractivity contribution in [1.29, 1.82) is 0 Å². The Hall–Kier alpha value is -2.61. The van der Waals surface area contributed by atoms with Crippen LogP contribution in [-0.2, 0) is 25.7 Å². The van der Waals surface area contributed by atoms with Gasteiger partial charge in [-0.2, -0.15) is 0 Å². The van der Waals surface area contributed by atoms with Gasteiger partial charge in [0.25, 0.3) is 0 Å². The van der Waals surface area contributed by atoms with E-state index in [1.54, 1.807) is 0 Å². The zero-order chi connectivity index (χ0) is 19.6. The standard InChI is InChI=1S/C19H26N2O6/c1-26-18(24)16(9-13-7-8-13)21-17(23)10-15(22)11-20-19(25)27-12-14-5-3-2-4-6-14/h2-6,13,15-16,22H,7-12H2,1H3,(H,20,25)(H,21,23)/t15-,16-/m1/s1. The van der Waals surface area contributed by atoms with Gasteiger partial charge in [0.15, 0.2) is 0 Å². The predicted octanol–water partition coefficient (Wildman–Crippen LogP) is 1.12. The summed E-state index contributed by atoms with van der Waals surface area (Å²) >= 11 is 0. The van der Waals surface area contributed by atoms with Crippen LogP contribution in [0.4, 0.5) is 4.79 Å². The van der Waals surface area contributed by atoms with E-state index in [1.807, 2.05) is 30.3 Å². The highest BCUT2D eigenvalue weighted by atomic mass is 16.5. The first kappa shape index (κ1) is 20.7. The molecule has 148 valence electrons. The Kier molecular flexibility index (Phi) is 8.06. The van der Waals surface area contributed by atoms with Crippen molar-refractivity contribution in [2.24, 2.45) is 5.92 Å². The molecule has 0 bridgehead atoms. The van der Waals surface area contributed by atoms with Gasteiger partial charge in [-0.3, -0.25) is 4.79 Å². The highest BCUT2D eigenvalue weighted by Gasteiger charge is 2.31. The van der Waals surface area contributed by atoms with Gasteiger partial charge in [-0.05, 0) is 17.9 Å². The van der Waals surface area contributed by atoms with Crippen molar-refractivity contribution < 1.29 is 29.0 Å². The van der Waals surface area contributed by atoms with Crippen LogP contribution in [0.25, 0.3) is 0 Å². The van der Waals surface area contributed by atoms with E-state index in [0.29, 0.717) is 12.3 Å². The zero-order valence-corrected chi connectivity index (χ0v) is 15.3. The number of amides is 2. The molecule has 8 heteroatoms. The molecule has 1 aliphatic rings. The topological polar surface area (TPSA) is 114 Å². The zero-order valence-electron chi connectivity index (χ0n) is 15.3. The number of rotatable bonds is 10. The smallest absolute Gasteiger partial charge is 0.407 e. The van der Waals surface area contributed by atoms with E-state index in [-0.39, 0.29) is 19.6 Å². The normalized spacial score (nSPS) is 15.3. The molecular formula is C19H26N2O6. The number of esters is 1. The average molecular weight is 378 g/mol. The third-order valence-corrected chi connectivity index (χ3v) is 4.20. The predicted molar refractivity (Wildman–Crippen MR) is 96.5 cm³/mol. The minimum Gasteiger partial charge on any atom is -0.467 e. The van der Waals surface area contributed by atoms with Crippen molar-refractivity contribution in [1.82, 2.24) is 10.6 Å². The number of hydrogen-bond acceptors (Lipinski definition) is 6. The lowest BCUT2D eigenvalue weighted by Crippen LogP contribution is -2.44.